The molecule has 0 aromatic heterocycles. The van der Waals surface area contributed by atoms with Crippen LogP contribution in [0.3, 0.4) is 0 Å². The van der Waals surface area contributed by atoms with E-state index < -0.39 is 0 Å². The molecule has 1 heterocycles. The van der Waals surface area contributed by atoms with Gasteiger partial charge in [-0.1, -0.05) is 0 Å². The van der Waals surface area contributed by atoms with Crippen molar-refractivity contribution in [1.82, 2.24) is 0 Å². The molecule has 0 saturated heterocycles. The van der Waals surface area contributed by atoms with E-state index in [0.717, 1.165) is 32.5 Å². The van der Waals surface area contributed by atoms with Gasteiger partial charge in [0.2, 0.25) is 0 Å². The first-order valence-corrected chi connectivity index (χ1v) is 3.47. The number of hydrogen-bond donors (Lipinski definition) is 0. The minimum Gasteiger partial charge on any atom is -0.381 e. The second kappa shape index (κ2) is 4.37. The fourth-order valence-electron chi connectivity index (χ4n) is 0.782. The summed E-state index contributed by atoms with van der Waals surface area (Å²) in [6.45, 7) is 1.77. The predicted octanol–water partition coefficient (Wildman–Crippen LogP) is 1.90. The maximum Gasteiger partial charge on any atom is 0.0506 e. The quantitative estimate of drug-likeness (QED) is 0.448. The van der Waals surface area contributed by atoms with E-state index >= 15 is 0 Å². The van der Waals surface area contributed by atoms with Crippen molar-refractivity contribution >= 4 is 0 Å². The fourth-order valence-corrected chi connectivity index (χ4v) is 0.782. The molecule has 0 atom stereocenters. The van der Waals surface area contributed by atoms with Gasteiger partial charge in [0.05, 0.1) is 6.61 Å². The highest BCUT2D eigenvalue weighted by Crippen LogP contribution is 1.95. The Morgan fingerprint density at radius 3 is 3.00 bits per heavy atom. The number of rotatable bonds is 0. The molecular formula is C8H12O. The molecule has 0 aromatic carbocycles. The van der Waals surface area contributed by atoms with E-state index in [-0.39, 0.29) is 0 Å². The number of hydrogen-bond acceptors (Lipinski definition) is 1. The third-order valence-corrected chi connectivity index (χ3v) is 1.28. The van der Waals surface area contributed by atoms with Crippen LogP contribution in [0.1, 0.15) is 19.3 Å². The van der Waals surface area contributed by atoms with Crippen molar-refractivity contribution in [3.8, 4) is 0 Å². The van der Waals surface area contributed by atoms with Crippen LogP contribution in [0.4, 0.5) is 0 Å². The van der Waals surface area contributed by atoms with Crippen LogP contribution in [0.15, 0.2) is 17.9 Å². The Morgan fingerprint density at radius 1 is 1.11 bits per heavy atom. The van der Waals surface area contributed by atoms with E-state index in [4.69, 9.17) is 4.74 Å². The predicted molar refractivity (Wildman–Crippen MR) is 37.3 cm³/mol. The Labute approximate surface area is 56.0 Å². The molecule has 1 heteroatoms. The Hall–Kier alpha value is -0.520. The lowest BCUT2D eigenvalue weighted by Crippen LogP contribution is -1.93. The molecule has 0 spiro atoms. The third-order valence-electron chi connectivity index (χ3n) is 1.28. The second-order valence-corrected chi connectivity index (χ2v) is 2.12. The van der Waals surface area contributed by atoms with Crippen molar-refractivity contribution in [3.05, 3.63) is 17.9 Å². The lowest BCUT2D eigenvalue weighted by molar-refractivity contribution is 0.137. The second-order valence-electron chi connectivity index (χ2n) is 2.12. The molecule has 0 amide bonds. The summed E-state index contributed by atoms with van der Waals surface area (Å²) in [5.74, 6) is 0. The average Bonchev–Trinajstić information content (AvgIpc) is 2.00. The maximum atomic E-state index is 5.26. The summed E-state index contributed by atoms with van der Waals surface area (Å²) in [6, 6.07) is 0. The largest absolute Gasteiger partial charge is 0.381 e. The molecule has 1 aliphatic rings. The number of ether oxygens (including phenoxy) is 1. The molecule has 0 saturated carbocycles. The molecule has 0 fully saturated rings. The van der Waals surface area contributed by atoms with E-state index in [9.17, 15) is 0 Å². The minimum atomic E-state index is 0.862. The van der Waals surface area contributed by atoms with Crippen LogP contribution in [-0.2, 0) is 4.74 Å². The van der Waals surface area contributed by atoms with Crippen LogP contribution >= 0.6 is 0 Å². The highest BCUT2D eigenvalue weighted by atomic mass is 16.5. The van der Waals surface area contributed by atoms with E-state index in [1.54, 1.807) is 0 Å². The molecule has 1 aliphatic heterocycles. The molecule has 0 bridgehead atoms. The molecule has 0 aliphatic carbocycles. The normalized spacial score (nSPS) is 20.4. The highest BCUT2D eigenvalue weighted by Gasteiger charge is 1.87. The molecule has 0 radical (unpaired) electrons. The lowest BCUT2D eigenvalue weighted by Gasteiger charge is -1.97. The molecule has 1 nitrogen and oxygen atoms in total. The molecule has 0 aromatic rings. The standard InChI is InChI=1S/C8H12O/c1-2-4-6-8-9-7-5-3-1/h1,4H,3,5-8H2. The molecule has 0 unspecified atom stereocenters. The van der Waals surface area contributed by atoms with E-state index in [1.165, 1.54) is 0 Å². The van der Waals surface area contributed by atoms with Crippen molar-refractivity contribution in [3.63, 3.8) is 0 Å². The topological polar surface area (TPSA) is 9.23 Å². The van der Waals surface area contributed by atoms with Crippen molar-refractivity contribution in [2.45, 2.75) is 19.3 Å². The summed E-state index contributed by atoms with van der Waals surface area (Å²) in [4.78, 5) is 0. The average molecular weight is 124 g/mol. The van der Waals surface area contributed by atoms with Gasteiger partial charge >= 0.3 is 0 Å². The summed E-state index contributed by atoms with van der Waals surface area (Å²) in [7, 11) is 0. The van der Waals surface area contributed by atoms with E-state index in [0.29, 0.717) is 0 Å². The Kier molecular flexibility index (Phi) is 3.20. The zero-order chi connectivity index (χ0) is 6.36. The molecule has 50 valence electrons. The maximum absolute atomic E-state index is 5.26. The monoisotopic (exact) mass is 124 g/mol. The first kappa shape index (κ1) is 6.60. The van der Waals surface area contributed by atoms with Crippen LogP contribution in [-0.4, -0.2) is 13.2 Å². The highest BCUT2D eigenvalue weighted by molar-refractivity contribution is 4.85. The smallest absolute Gasteiger partial charge is 0.0506 e. The van der Waals surface area contributed by atoms with Crippen molar-refractivity contribution in [1.29, 1.82) is 0 Å². The SMILES string of the molecule is C1=CCCCOCCC=1. The van der Waals surface area contributed by atoms with Crippen LogP contribution in [0.5, 0.6) is 0 Å². The Bertz CT molecular complexity index is 109. The van der Waals surface area contributed by atoms with Gasteiger partial charge in [0.25, 0.3) is 0 Å². The van der Waals surface area contributed by atoms with Gasteiger partial charge in [0.15, 0.2) is 0 Å². The van der Waals surface area contributed by atoms with Gasteiger partial charge in [0, 0.05) is 6.61 Å². The van der Waals surface area contributed by atoms with Crippen LogP contribution in [0.25, 0.3) is 0 Å². The van der Waals surface area contributed by atoms with Gasteiger partial charge in [-0.3, -0.25) is 0 Å². The van der Waals surface area contributed by atoms with Crippen molar-refractivity contribution in [2.75, 3.05) is 13.2 Å². The van der Waals surface area contributed by atoms with Crippen LogP contribution in [0.2, 0.25) is 0 Å². The lowest BCUT2D eigenvalue weighted by atomic mass is 10.3. The van der Waals surface area contributed by atoms with Gasteiger partial charge in [-0.25, -0.2) is 0 Å². The summed E-state index contributed by atoms with van der Waals surface area (Å²) in [5.41, 5.74) is 3.10. The van der Waals surface area contributed by atoms with Gasteiger partial charge in [-0.05, 0) is 31.4 Å². The Morgan fingerprint density at radius 2 is 2.00 bits per heavy atom. The molecule has 1 rings (SSSR count). The fraction of sp³-hybridized carbons (Fsp3) is 0.625. The molecule has 9 heavy (non-hydrogen) atoms. The van der Waals surface area contributed by atoms with E-state index in [1.807, 2.05) is 6.08 Å². The summed E-state index contributed by atoms with van der Waals surface area (Å²) in [6.07, 6.45) is 7.37. The van der Waals surface area contributed by atoms with Gasteiger partial charge in [-0.2, -0.15) is 0 Å². The van der Waals surface area contributed by atoms with Gasteiger partial charge in [0.1, 0.15) is 0 Å². The van der Waals surface area contributed by atoms with Crippen LogP contribution in [0, 0.1) is 0 Å². The minimum absolute atomic E-state index is 0.862. The van der Waals surface area contributed by atoms with Crippen molar-refractivity contribution < 1.29 is 4.74 Å². The summed E-state index contributed by atoms with van der Waals surface area (Å²) >= 11 is 0. The van der Waals surface area contributed by atoms with Crippen molar-refractivity contribution in [2.24, 2.45) is 0 Å². The van der Waals surface area contributed by atoms with Gasteiger partial charge in [-0.15, -0.1) is 5.73 Å². The molecular weight excluding hydrogens is 112 g/mol. The molecule has 0 N–H and O–H groups in total. The summed E-state index contributed by atoms with van der Waals surface area (Å²) < 4.78 is 5.26. The first-order chi connectivity index (χ1) is 4.50. The van der Waals surface area contributed by atoms with E-state index in [2.05, 4.69) is 11.8 Å². The third kappa shape index (κ3) is 3.12. The first-order valence-electron chi connectivity index (χ1n) is 3.47. The van der Waals surface area contributed by atoms with Crippen LogP contribution < -0.4 is 0 Å². The zero-order valence-corrected chi connectivity index (χ0v) is 5.60. The Balaban J connectivity index is 2.29. The van der Waals surface area contributed by atoms with Gasteiger partial charge < -0.3 is 4.74 Å². The zero-order valence-electron chi connectivity index (χ0n) is 5.60. The summed E-state index contributed by atoms with van der Waals surface area (Å²) in [5, 5.41) is 0.